The van der Waals surface area contributed by atoms with Gasteiger partial charge in [0.2, 0.25) is 0 Å². The van der Waals surface area contributed by atoms with E-state index in [0.29, 0.717) is 37.4 Å². The minimum atomic E-state index is -1.28. The van der Waals surface area contributed by atoms with Gasteiger partial charge in [-0.05, 0) is 71.9 Å². The van der Waals surface area contributed by atoms with Gasteiger partial charge < -0.3 is 24.4 Å². The monoisotopic (exact) mass is 473 g/mol. The molecule has 34 heavy (non-hydrogen) atoms. The molecule has 0 aliphatic carbocycles. The molecule has 0 bridgehead atoms. The molecule has 0 saturated carbocycles. The molecule has 6 nitrogen and oxygen atoms in total. The van der Waals surface area contributed by atoms with Crippen LogP contribution in [0.2, 0.25) is 0 Å². The molecule has 1 atom stereocenters. The van der Waals surface area contributed by atoms with Crippen LogP contribution >= 0.6 is 11.8 Å². The average Bonchev–Trinajstić information content (AvgIpc) is 3.33. The number of hydrogen-bond donors (Lipinski definition) is 1. The summed E-state index contributed by atoms with van der Waals surface area (Å²) < 4.78 is 11.1. The molecule has 0 aliphatic heterocycles. The van der Waals surface area contributed by atoms with Gasteiger partial charge in [0.1, 0.15) is 5.76 Å². The van der Waals surface area contributed by atoms with E-state index in [4.69, 9.17) is 9.15 Å². The summed E-state index contributed by atoms with van der Waals surface area (Å²) in [7, 11) is 0. The Balaban J connectivity index is 0.00000408. The Morgan fingerprint density at radius 2 is 1.91 bits per heavy atom. The number of aryl methyl sites for hydroxylation is 1. The van der Waals surface area contributed by atoms with Crippen LogP contribution in [0.5, 0.6) is 0 Å². The van der Waals surface area contributed by atoms with Gasteiger partial charge in [-0.15, -0.1) is 0 Å². The third kappa shape index (κ3) is 7.81. The maximum Gasteiger partial charge on any atom is 1.00 e. The maximum atomic E-state index is 13.1. The molecule has 1 N–H and O–H groups in total. The van der Waals surface area contributed by atoms with Crippen LogP contribution in [0.15, 0.2) is 65.3 Å². The third-order valence-corrected chi connectivity index (χ3v) is 5.95. The largest absolute Gasteiger partial charge is 1.00 e. The minimum Gasteiger partial charge on any atom is -0.548 e. The number of carbonyl (C=O) groups excluding carboxylic acids is 2. The Morgan fingerprint density at radius 1 is 1.12 bits per heavy atom. The van der Waals surface area contributed by atoms with Crippen molar-refractivity contribution in [2.24, 2.45) is 0 Å². The molecular weight excluding hydrogens is 445 g/mol. The van der Waals surface area contributed by atoms with E-state index in [-0.39, 0.29) is 18.9 Å². The molecule has 0 spiro atoms. The normalized spacial score (nSPS) is 11.5. The number of benzene rings is 2. The zero-order valence-corrected chi connectivity index (χ0v) is 20.7. The first-order chi connectivity index (χ1) is 16.0. The Bertz CT molecular complexity index is 1070. The van der Waals surface area contributed by atoms with Crippen molar-refractivity contribution in [2.45, 2.75) is 32.4 Å². The molecule has 0 unspecified atom stereocenters. The van der Waals surface area contributed by atoms with Gasteiger partial charge in [0.05, 0.1) is 31.5 Å². The fourth-order valence-corrected chi connectivity index (χ4v) is 3.99. The topological polar surface area (TPSA) is 91.6 Å². The molecule has 1 aromatic heterocycles. The molecule has 1 amide bonds. The summed E-state index contributed by atoms with van der Waals surface area (Å²) in [4.78, 5) is 24.6. The number of hydrogen-bond acceptors (Lipinski definition) is 6. The number of amides is 1. The summed E-state index contributed by atoms with van der Waals surface area (Å²) in [6.45, 7) is 2.88. The van der Waals surface area contributed by atoms with E-state index >= 15 is 0 Å². The van der Waals surface area contributed by atoms with E-state index < -0.39 is 17.9 Å². The van der Waals surface area contributed by atoms with E-state index in [0.717, 1.165) is 28.0 Å². The first-order valence-corrected chi connectivity index (χ1v) is 12.2. The van der Waals surface area contributed by atoms with Crippen molar-refractivity contribution < 1.29 is 42.7 Å². The fourth-order valence-electron chi connectivity index (χ4n) is 3.52. The molecule has 0 saturated heterocycles. The van der Waals surface area contributed by atoms with Crippen molar-refractivity contribution in [1.29, 1.82) is 0 Å². The molecule has 2 aromatic carbocycles. The zero-order valence-electron chi connectivity index (χ0n) is 19.8. The minimum absolute atomic E-state index is 0. The molecule has 8 heteroatoms. The van der Waals surface area contributed by atoms with Crippen molar-refractivity contribution in [2.75, 3.05) is 18.6 Å². The summed E-state index contributed by atoms with van der Waals surface area (Å²) >= 11 is 1.52. The molecule has 0 aliphatic rings. The first kappa shape index (κ1) is 27.8. The van der Waals surface area contributed by atoms with Crippen LogP contribution in [-0.2, 0) is 22.6 Å². The van der Waals surface area contributed by atoms with Gasteiger partial charge in [-0.25, -0.2) is 0 Å². The van der Waals surface area contributed by atoms with Gasteiger partial charge in [0, 0.05) is 12.0 Å². The van der Waals surface area contributed by atoms with Crippen molar-refractivity contribution in [3.63, 3.8) is 0 Å². The number of rotatable bonds is 12. The SMILES string of the molecule is CSCC[C@H](NC(=O)c1ccc(COCCc2ccco2)cc1-c1ccccc1C)C(=O)[O-].[Li+]. The van der Waals surface area contributed by atoms with Crippen LogP contribution in [0.3, 0.4) is 0 Å². The average molecular weight is 474 g/mol. The fraction of sp³-hybridized carbons (Fsp3) is 0.308. The molecule has 174 valence electrons. The van der Waals surface area contributed by atoms with Crippen LogP contribution in [0, 0.1) is 6.92 Å². The van der Waals surface area contributed by atoms with Gasteiger partial charge in [0.25, 0.3) is 5.91 Å². The van der Waals surface area contributed by atoms with Crippen LogP contribution in [-0.4, -0.2) is 36.5 Å². The van der Waals surface area contributed by atoms with E-state index in [2.05, 4.69) is 5.32 Å². The predicted octanol–water partition coefficient (Wildman–Crippen LogP) is 0.620. The summed E-state index contributed by atoms with van der Waals surface area (Å²) in [5, 5.41) is 14.1. The number of thioether (sulfide) groups is 1. The van der Waals surface area contributed by atoms with Gasteiger partial charge in [-0.3, -0.25) is 4.79 Å². The van der Waals surface area contributed by atoms with Crippen molar-refractivity contribution >= 4 is 23.6 Å². The summed E-state index contributed by atoms with van der Waals surface area (Å²) in [5.74, 6) is -0.241. The first-order valence-electron chi connectivity index (χ1n) is 10.8. The molecule has 3 rings (SSSR count). The number of aliphatic carboxylic acids is 1. The number of carboxylic acid groups (broad SMARTS) is 1. The van der Waals surface area contributed by atoms with E-state index in [1.54, 1.807) is 12.3 Å². The standard InChI is InChI=1S/C26H29NO5S.Li/c1-18-6-3-4-8-21(18)23-16-19(17-31-14-11-20-7-5-13-32-20)9-10-22(23)25(28)27-24(26(29)30)12-15-33-2;/h3-10,13,16,24H,11-12,14-15,17H2,1-2H3,(H,27,28)(H,29,30);/q;+1/p-1/t24-;/m0./s1. The van der Waals surface area contributed by atoms with Gasteiger partial charge in [0.15, 0.2) is 0 Å². The number of nitrogens with one attached hydrogen (secondary N) is 1. The second kappa shape index (κ2) is 14.1. The van der Waals surface area contributed by atoms with Gasteiger partial charge in [-0.2, -0.15) is 11.8 Å². The van der Waals surface area contributed by atoms with Gasteiger partial charge in [-0.1, -0.05) is 30.3 Å². The number of carboxylic acids is 1. The Kier molecular flexibility index (Phi) is 11.5. The van der Waals surface area contributed by atoms with E-state index in [9.17, 15) is 14.7 Å². The second-order valence-electron chi connectivity index (χ2n) is 7.70. The smallest absolute Gasteiger partial charge is 0.548 e. The Labute approximate surface area is 216 Å². The number of furan rings is 1. The van der Waals surface area contributed by atoms with Crippen molar-refractivity contribution in [1.82, 2.24) is 5.32 Å². The molecule has 0 fully saturated rings. The van der Waals surface area contributed by atoms with Crippen LogP contribution in [0.25, 0.3) is 11.1 Å². The van der Waals surface area contributed by atoms with Crippen LogP contribution in [0.4, 0.5) is 0 Å². The van der Waals surface area contributed by atoms with E-state index in [1.165, 1.54) is 11.8 Å². The maximum absolute atomic E-state index is 13.1. The van der Waals surface area contributed by atoms with Crippen LogP contribution < -0.4 is 29.3 Å². The Hall–Kier alpha value is -2.43. The number of ether oxygens (including phenoxy) is 1. The predicted molar refractivity (Wildman–Crippen MR) is 128 cm³/mol. The van der Waals surface area contributed by atoms with E-state index in [1.807, 2.05) is 61.7 Å². The summed E-state index contributed by atoms with van der Waals surface area (Å²) in [5.41, 5.74) is 4.00. The third-order valence-electron chi connectivity index (χ3n) is 5.31. The Morgan fingerprint density at radius 3 is 2.59 bits per heavy atom. The summed E-state index contributed by atoms with van der Waals surface area (Å²) in [6, 6.07) is 16.0. The van der Waals surface area contributed by atoms with Crippen LogP contribution in [0.1, 0.15) is 33.7 Å². The quantitative estimate of drug-likeness (QED) is 0.306. The zero-order chi connectivity index (χ0) is 23.6. The molecule has 0 radical (unpaired) electrons. The number of carbonyl (C=O) groups is 2. The van der Waals surface area contributed by atoms with Crippen molar-refractivity contribution in [3.05, 3.63) is 83.3 Å². The van der Waals surface area contributed by atoms with Gasteiger partial charge >= 0.3 is 18.9 Å². The summed E-state index contributed by atoms with van der Waals surface area (Å²) in [6.07, 6.45) is 4.51. The van der Waals surface area contributed by atoms with Crippen molar-refractivity contribution in [3.8, 4) is 11.1 Å². The second-order valence-corrected chi connectivity index (χ2v) is 8.69. The molecular formula is C26H28LiNO5S. The molecule has 1 heterocycles. The molecule has 3 aromatic rings.